The van der Waals surface area contributed by atoms with Crippen LogP contribution in [0.1, 0.15) is 18.4 Å². The fourth-order valence-electron chi connectivity index (χ4n) is 3.21. The van der Waals surface area contributed by atoms with Gasteiger partial charge in [0.15, 0.2) is 5.11 Å². The molecule has 3 rings (SSSR count). The van der Waals surface area contributed by atoms with Crippen molar-refractivity contribution in [3.05, 3.63) is 60.2 Å². The van der Waals surface area contributed by atoms with E-state index < -0.39 is 6.61 Å². The van der Waals surface area contributed by atoms with Crippen LogP contribution in [0.4, 0.5) is 14.5 Å². The number of anilines is 1. The van der Waals surface area contributed by atoms with Gasteiger partial charge in [-0.1, -0.05) is 30.3 Å². The topological polar surface area (TPSA) is 24.5 Å². The molecule has 1 aliphatic rings. The molecule has 1 N–H and O–H groups in total. The zero-order chi connectivity index (χ0) is 18.4. The third kappa shape index (κ3) is 5.39. The molecule has 1 fully saturated rings. The first kappa shape index (κ1) is 18.6. The van der Waals surface area contributed by atoms with E-state index in [1.165, 1.54) is 17.7 Å². The summed E-state index contributed by atoms with van der Waals surface area (Å²) in [6.07, 6.45) is 3.33. The SMILES string of the molecule is FC(F)Oc1ccc(NC(=S)N2CCC(Cc3ccccc3)CC2)cc1. The van der Waals surface area contributed by atoms with Crippen LogP contribution < -0.4 is 10.1 Å². The highest BCUT2D eigenvalue weighted by Crippen LogP contribution is 2.23. The van der Waals surface area contributed by atoms with Gasteiger partial charge in [-0.3, -0.25) is 0 Å². The van der Waals surface area contributed by atoms with E-state index in [1.807, 2.05) is 6.07 Å². The molecular formula is C20H22F2N2OS. The number of benzene rings is 2. The average Bonchev–Trinajstić information content (AvgIpc) is 2.64. The number of nitrogens with zero attached hydrogens (tertiary/aromatic N) is 1. The highest BCUT2D eigenvalue weighted by atomic mass is 32.1. The second-order valence-corrected chi connectivity index (χ2v) is 6.84. The molecule has 0 unspecified atom stereocenters. The van der Waals surface area contributed by atoms with Gasteiger partial charge >= 0.3 is 6.61 Å². The predicted octanol–water partition coefficient (Wildman–Crippen LogP) is 4.94. The van der Waals surface area contributed by atoms with Gasteiger partial charge in [0, 0.05) is 18.8 Å². The molecule has 0 radical (unpaired) electrons. The van der Waals surface area contributed by atoms with E-state index in [4.69, 9.17) is 12.2 Å². The first-order valence-electron chi connectivity index (χ1n) is 8.75. The molecule has 0 saturated carbocycles. The number of thiocarbonyl (C=S) groups is 1. The molecule has 2 aromatic carbocycles. The molecule has 1 heterocycles. The number of alkyl halides is 2. The summed E-state index contributed by atoms with van der Waals surface area (Å²) in [4.78, 5) is 2.17. The monoisotopic (exact) mass is 376 g/mol. The Hall–Kier alpha value is -2.21. The van der Waals surface area contributed by atoms with E-state index in [0.29, 0.717) is 11.0 Å². The maximum Gasteiger partial charge on any atom is 0.387 e. The molecule has 0 aliphatic carbocycles. The quantitative estimate of drug-likeness (QED) is 0.747. The van der Waals surface area contributed by atoms with Crippen LogP contribution in [0, 0.1) is 5.92 Å². The number of piperidine rings is 1. The second kappa shape index (κ2) is 8.94. The maximum absolute atomic E-state index is 12.2. The van der Waals surface area contributed by atoms with Gasteiger partial charge in [-0.25, -0.2) is 0 Å². The summed E-state index contributed by atoms with van der Waals surface area (Å²) in [7, 11) is 0. The van der Waals surface area contributed by atoms with Crippen LogP contribution in [0.15, 0.2) is 54.6 Å². The van der Waals surface area contributed by atoms with Gasteiger partial charge in [-0.2, -0.15) is 8.78 Å². The van der Waals surface area contributed by atoms with Crippen molar-refractivity contribution >= 4 is 23.0 Å². The Bertz CT molecular complexity index is 702. The van der Waals surface area contributed by atoms with Gasteiger partial charge in [0.2, 0.25) is 0 Å². The van der Waals surface area contributed by atoms with Crippen LogP contribution in [0.3, 0.4) is 0 Å². The lowest BCUT2D eigenvalue weighted by atomic mass is 9.90. The summed E-state index contributed by atoms with van der Waals surface area (Å²) >= 11 is 5.49. The van der Waals surface area contributed by atoms with Crippen LogP contribution in [0.2, 0.25) is 0 Å². The number of hydrogen-bond acceptors (Lipinski definition) is 2. The minimum Gasteiger partial charge on any atom is -0.435 e. The lowest BCUT2D eigenvalue weighted by Crippen LogP contribution is -2.41. The fraction of sp³-hybridized carbons (Fsp3) is 0.350. The van der Waals surface area contributed by atoms with E-state index in [2.05, 4.69) is 39.2 Å². The second-order valence-electron chi connectivity index (χ2n) is 6.45. The summed E-state index contributed by atoms with van der Waals surface area (Å²) in [5, 5.41) is 3.84. The third-order valence-corrected chi connectivity index (χ3v) is 4.96. The Morgan fingerprint density at radius 3 is 2.35 bits per heavy atom. The summed E-state index contributed by atoms with van der Waals surface area (Å²) < 4.78 is 28.7. The van der Waals surface area contributed by atoms with Crippen LogP contribution >= 0.6 is 12.2 Å². The molecular weight excluding hydrogens is 354 g/mol. The van der Waals surface area contributed by atoms with Crippen molar-refractivity contribution < 1.29 is 13.5 Å². The molecule has 0 amide bonds. The van der Waals surface area contributed by atoms with E-state index in [9.17, 15) is 8.78 Å². The first-order chi connectivity index (χ1) is 12.6. The lowest BCUT2D eigenvalue weighted by molar-refractivity contribution is -0.0498. The molecule has 3 nitrogen and oxygen atoms in total. The normalized spacial score (nSPS) is 15.1. The van der Waals surface area contributed by atoms with E-state index in [0.717, 1.165) is 38.0 Å². The minimum atomic E-state index is -2.81. The van der Waals surface area contributed by atoms with Crippen molar-refractivity contribution in [2.45, 2.75) is 25.9 Å². The molecule has 1 aliphatic heterocycles. The molecule has 26 heavy (non-hydrogen) atoms. The number of rotatable bonds is 5. The van der Waals surface area contributed by atoms with Gasteiger partial charge in [0.1, 0.15) is 5.75 Å². The summed E-state index contributed by atoms with van der Waals surface area (Å²) in [5.74, 6) is 0.820. The zero-order valence-electron chi connectivity index (χ0n) is 14.4. The van der Waals surface area contributed by atoms with Crippen molar-refractivity contribution in [3.63, 3.8) is 0 Å². The number of ether oxygens (including phenoxy) is 1. The Balaban J connectivity index is 1.46. The molecule has 1 saturated heterocycles. The highest BCUT2D eigenvalue weighted by Gasteiger charge is 2.21. The Labute approximate surface area is 158 Å². The molecule has 0 aromatic heterocycles. The smallest absolute Gasteiger partial charge is 0.387 e. The Morgan fingerprint density at radius 2 is 1.73 bits per heavy atom. The largest absolute Gasteiger partial charge is 0.435 e. The van der Waals surface area contributed by atoms with E-state index >= 15 is 0 Å². The van der Waals surface area contributed by atoms with Crippen molar-refractivity contribution in [2.75, 3.05) is 18.4 Å². The molecule has 0 spiro atoms. The predicted molar refractivity (Wildman–Crippen MR) is 104 cm³/mol. The standard InChI is InChI=1S/C20H22F2N2OS/c21-19(22)25-18-8-6-17(7-9-18)23-20(26)24-12-10-16(11-13-24)14-15-4-2-1-3-5-15/h1-9,16,19H,10-14H2,(H,23,26). The third-order valence-electron chi connectivity index (χ3n) is 4.60. The van der Waals surface area contributed by atoms with Crippen molar-refractivity contribution in [3.8, 4) is 5.75 Å². The van der Waals surface area contributed by atoms with Crippen LogP contribution in [0.25, 0.3) is 0 Å². The maximum atomic E-state index is 12.2. The molecule has 0 atom stereocenters. The highest BCUT2D eigenvalue weighted by molar-refractivity contribution is 7.80. The van der Waals surface area contributed by atoms with E-state index in [-0.39, 0.29) is 5.75 Å². The number of hydrogen-bond donors (Lipinski definition) is 1. The Morgan fingerprint density at radius 1 is 1.08 bits per heavy atom. The molecule has 2 aromatic rings. The zero-order valence-corrected chi connectivity index (χ0v) is 15.2. The van der Waals surface area contributed by atoms with Gasteiger partial charge < -0.3 is 15.0 Å². The van der Waals surface area contributed by atoms with Crippen molar-refractivity contribution in [1.29, 1.82) is 0 Å². The summed E-state index contributed by atoms with van der Waals surface area (Å²) in [6.45, 7) is -0.960. The van der Waals surface area contributed by atoms with Gasteiger partial charge in [-0.15, -0.1) is 0 Å². The van der Waals surface area contributed by atoms with E-state index in [1.54, 1.807) is 12.1 Å². The van der Waals surface area contributed by atoms with Crippen molar-refractivity contribution in [1.82, 2.24) is 4.90 Å². The van der Waals surface area contributed by atoms with Gasteiger partial charge in [-0.05, 0) is 67.2 Å². The summed E-state index contributed by atoms with van der Waals surface area (Å²) in [5.41, 5.74) is 2.15. The van der Waals surface area contributed by atoms with Crippen LogP contribution in [-0.2, 0) is 6.42 Å². The molecule has 0 bridgehead atoms. The fourth-order valence-corrected chi connectivity index (χ4v) is 3.51. The lowest BCUT2D eigenvalue weighted by Gasteiger charge is -2.34. The number of halogens is 2. The summed E-state index contributed by atoms with van der Waals surface area (Å²) in [6, 6.07) is 17.0. The molecule has 6 heteroatoms. The van der Waals surface area contributed by atoms with Crippen LogP contribution in [-0.4, -0.2) is 29.7 Å². The van der Waals surface area contributed by atoms with Crippen molar-refractivity contribution in [2.24, 2.45) is 5.92 Å². The first-order valence-corrected chi connectivity index (χ1v) is 9.16. The minimum absolute atomic E-state index is 0.137. The molecule has 138 valence electrons. The van der Waals surface area contributed by atoms with Gasteiger partial charge in [0.05, 0.1) is 0 Å². The Kier molecular flexibility index (Phi) is 6.39. The average molecular weight is 376 g/mol. The van der Waals surface area contributed by atoms with Gasteiger partial charge in [0.25, 0.3) is 0 Å². The number of nitrogens with one attached hydrogen (secondary N) is 1. The number of likely N-dealkylation sites (tertiary alicyclic amines) is 1. The van der Waals surface area contributed by atoms with Crippen LogP contribution in [0.5, 0.6) is 5.75 Å².